The largest absolute Gasteiger partial charge is 0.298 e. The summed E-state index contributed by atoms with van der Waals surface area (Å²) >= 11 is 0. The highest BCUT2D eigenvalue weighted by atomic mass is 15.2. The number of nitrogens with zero attached hydrogens (tertiary/aromatic N) is 1. The maximum absolute atomic E-state index is 2.60. The topological polar surface area (TPSA) is 3.24 Å². The van der Waals surface area contributed by atoms with Crippen molar-refractivity contribution in [2.45, 2.75) is 46.1 Å². The smallest absolute Gasteiger partial charge is 0.0125 e. The molecule has 1 rings (SSSR count). The molecule has 0 radical (unpaired) electrons. The molecule has 1 atom stereocenters. The SMILES string of the molecule is CC1CCCN(C(C)(C)C)C1. The van der Waals surface area contributed by atoms with Gasteiger partial charge in [0.05, 0.1) is 0 Å². The Hall–Kier alpha value is -0.0400. The van der Waals surface area contributed by atoms with Gasteiger partial charge in [-0.2, -0.15) is 0 Å². The second-order valence-corrected chi connectivity index (χ2v) is 4.86. The van der Waals surface area contributed by atoms with Crippen LogP contribution in [0.5, 0.6) is 0 Å². The van der Waals surface area contributed by atoms with Crippen molar-refractivity contribution in [3.8, 4) is 0 Å². The van der Waals surface area contributed by atoms with E-state index in [1.54, 1.807) is 0 Å². The predicted octanol–water partition coefficient (Wildman–Crippen LogP) is 2.52. The molecular weight excluding hydrogens is 134 g/mol. The van der Waals surface area contributed by atoms with Gasteiger partial charge in [-0.15, -0.1) is 0 Å². The summed E-state index contributed by atoms with van der Waals surface area (Å²) in [5.41, 5.74) is 0.384. The number of rotatable bonds is 0. The van der Waals surface area contributed by atoms with E-state index in [1.165, 1.54) is 25.9 Å². The van der Waals surface area contributed by atoms with Crippen LogP contribution in [0.15, 0.2) is 0 Å². The van der Waals surface area contributed by atoms with E-state index in [9.17, 15) is 0 Å². The molecular formula is C10H21N. The van der Waals surface area contributed by atoms with Crippen molar-refractivity contribution in [3.63, 3.8) is 0 Å². The first kappa shape index (κ1) is 9.05. The number of likely N-dealkylation sites (tertiary alicyclic amines) is 1. The second-order valence-electron chi connectivity index (χ2n) is 4.86. The summed E-state index contributed by atoms with van der Waals surface area (Å²) in [5.74, 6) is 0.906. The van der Waals surface area contributed by atoms with Gasteiger partial charge < -0.3 is 0 Å². The second kappa shape index (κ2) is 3.14. The molecule has 0 aromatic carbocycles. The molecule has 0 saturated carbocycles. The fraction of sp³-hybridized carbons (Fsp3) is 1.00. The average molecular weight is 155 g/mol. The summed E-state index contributed by atoms with van der Waals surface area (Å²) in [6.45, 7) is 11.9. The van der Waals surface area contributed by atoms with Crippen molar-refractivity contribution < 1.29 is 0 Å². The maximum atomic E-state index is 2.60. The highest BCUT2D eigenvalue weighted by Crippen LogP contribution is 2.22. The Bertz CT molecular complexity index is 123. The van der Waals surface area contributed by atoms with Crippen LogP contribution in [0.1, 0.15) is 40.5 Å². The van der Waals surface area contributed by atoms with Crippen LogP contribution in [0.25, 0.3) is 0 Å². The van der Waals surface area contributed by atoms with Crippen LogP contribution < -0.4 is 0 Å². The fourth-order valence-corrected chi connectivity index (χ4v) is 1.80. The molecule has 0 aliphatic carbocycles. The third kappa shape index (κ3) is 2.48. The van der Waals surface area contributed by atoms with Gasteiger partial charge in [0, 0.05) is 12.1 Å². The highest BCUT2D eigenvalue weighted by molar-refractivity contribution is 4.80. The molecule has 1 fully saturated rings. The highest BCUT2D eigenvalue weighted by Gasteiger charge is 2.25. The standard InChI is InChI=1S/C10H21N/c1-9-6-5-7-11(8-9)10(2,3)4/h9H,5-8H2,1-4H3. The normalized spacial score (nSPS) is 28.9. The van der Waals surface area contributed by atoms with Crippen molar-refractivity contribution in [3.05, 3.63) is 0 Å². The van der Waals surface area contributed by atoms with Gasteiger partial charge in [0.25, 0.3) is 0 Å². The number of hydrogen-bond donors (Lipinski definition) is 0. The lowest BCUT2D eigenvalue weighted by Crippen LogP contribution is -2.46. The molecule has 11 heavy (non-hydrogen) atoms. The van der Waals surface area contributed by atoms with E-state index in [4.69, 9.17) is 0 Å². The molecule has 0 spiro atoms. The van der Waals surface area contributed by atoms with E-state index in [0.717, 1.165) is 5.92 Å². The zero-order valence-electron chi connectivity index (χ0n) is 8.35. The lowest BCUT2D eigenvalue weighted by atomic mass is 9.95. The van der Waals surface area contributed by atoms with E-state index in [2.05, 4.69) is 32.6 Å². The lowest BCUT2D eigenvalue weighted by Gasteiger charge is -2.40. The molecule has 0 amide bonds. The fourth-order valence-electron chi connectivity index (χ4n) is 1.80. The van der Waals surface area contributed by atoms with Gasteiger partial charge in [0.15, 0.2) is 0 Å². The third-order valence-corrected chi connectivity index (χ3v) is 2.61. The maximum Gasteiger partial charge on any atom is 0.0125 e. The summed E-state index contributed by atoms with van der Waals surface area (Å²) in [5, 5.41) is 0. The Morgan fingerprint density at radius 3 is 2.27 bits per heavy atom. The van der Waals surface area contributed by atoms with Crippen LogP contribution in [0, 0.1) is 5.92 Å². The molecule has 0 bridgehead atoms. The first-order valence-electron chi connectivity index (χ1n) is 4.75. The molecule has 66 valence electrons. The minimum absolute atomic E-state index is 0.384. The van der Waals surface area contributed by atoms with E-state index < -0.39 is 0 Å². The molecule has 1 aliphatic heterocycles. The molecule has 0 N–H and O–H groups in total. The van der Waals surface area contributed by atoms with E-state index in [0.29, 0.717) is 5.54 Å². The molecule has 0 aromatic heterocycles. The summed E-state index contributed by atoms with van der Waals surface area (Å²) in [6, 6.07) is 0. The van der Waals surface area contributed by atoms with Crippen LogP contribution in [-0.2, 0) is 0 Å². The molecule has 1 nitrogen and oxygen atoms in total. The third-order valence-electron chi connectivity index (χ3n) is 2.61. The molecule has 0 aromatic rings. The summed E-state index contributed by atoms with van der Waals surface area (Å²) < 4.78 is 0. The Morgan fingerprint density at radius 2 is 1.91 bits per heavy atom. The van der Waals surface area contributed by atoms with Crippen molar-refractivity contribution in [1.29, 1.82) is 0 Å². The zero-order valence-corrected chi connectivity index (χ0v) is 8.35. The van der Waals surface area contributed by atoms with Crippen LogP contribution >= 0.6 is 0 Å². The summed E-state index contributed by atoms with van der Waals surface area (Å²) in [6.07, 6.45) is 2.81. The van der Waals surface area contributed by atoms with Gasteiger partial charge in [0.2, 0.25) is 0 Å². The first-order chi connectivity index (χ1) is 5.00. The number of hydrogen-bond acceptors (Lipinski definition) is 1. The van der Waals surface area contributed by atoms with E-state index >= 15 is 0 Å². The molecule has 1 heteroatoms. The van der Waals surface area contributed by atoms with Gasteiger partial charge in [-0.3, -0.25) is 4.90 Å². The Labute approximate surface area is 70.8 Å². The predicted molar refractivity (Wildman–Crippen MR) is 49.7 cm³/mol. The van der Waals surface area contributed by atoms with Crippen LogP contribution in [0.4, 0.5) is 0 Å². The van der Waals surface area contributed by atoms with Crippen LogP contribution in [0.3, 0.4) is 0 Å². The van der Waals surface area contributed by atoms with E-state index in [-0.39, 0.29) is 0 Å². The van der Waals surface area contributed by atoms with Crippen molar-refractivity contribution >= 4 is 0 Å². The van der Waals surface area contributed by atoms with Gasteiger partial charge in [0.1, 0.15) is 0 Å². The van der Waals surface area contributed by atoms with Gasteiger partial charge in [-0.05, 0) is 46.1 Å². The molecule has 1 saturated heterocycles. The lowest BCUT2D eigenvalue weighted by molar-refractivity contribution is 0.0843. The van der Waals surface area contributed by atoms with Crippen LogP contribution in [-0.4, -0.2) is 23.5 Å². The summed E-state index contributed by atoms with van der Waals surface area (Å²) in [7, 11) is 0. The van der Waals surface area contributed by atoms with Crippen molar-refractivity contribution in [2.75, 3.05) is 13.1 Å². The van der Waals surface area contributed by atoms with Crippen LogP contribution in [0.2, 0.25) is 0 Å². The minimum Gasteiger partial charge on any atom is -0.298 e. The van der Waals surface area contributed by atoms with E-state index in [1.807, 2.05) is 0 Å². The zero-order chi connectivity index (χ0) is 8.48. The first-order valence-corrected chi connectivity index (χ1v) is 4.75. The average Bonchev–Trinajstić information content (AvgIpc) is 1.86. The van der Waals surface area contributed by atoms with Crippen molar-refractivity contribution in [1.82, 2.24) is 4.90 Å². The Morgan fingerprint density at radius 1 is 1.27 bits per heavy atom. The Balaban J connectivity index is 2.46. The van der Waals surface area contributed by atoms with Gasteiger partial charge in [-0.25, -0.2) is 0 Å². The molecule has 1 aliphatic rings. The monoisotopic (exact) mass is 155 g/mol. The van der Waals surface area contributed by atoms with Gasteiger partial charge >= 0.3 is 0 Å². The summed E-state index contributed by atoms with van der Waals surface area (Å²) in [4.78, 5) is 2.60. The Kier molecular flexibility index (Phi) is 2.58. The van der Waals surface area contributed by atoms with Crippen molar-refractivity contribution in [2.24, 2.45) is 5.92 Å². The minimum atomic E-state index is 0.384. The van der Waals surface area contributed by atoms with Gasteiger partial charge in [-0.1, -0.05) is 6.92 Å². The molecule has 1 heterocycles. The molecule has 1 unspecified atom stereocenters. The quantitative estimate of drug-likeness (QED) is 0.519. The number of piperidine rings is 1.